The van der Waals surface area contributed by atoms with E-state index in [0.717, 1.165) is 6.42 Å². The van der Waals surface area contributed by atoms with Gasteiger partial charge in [-0.1, -0.05) is 20.8 Å². The molecule has 112 valence electrons. The van der Waals surface area contributed by atoms with Crippen LogP contribution in [0.15, 0.2) is 0 Å². The second-order valence-electron chi connectivity index (χ2n) is 6.66. The molecule has 1 amide bonds. The largest absolute Gasteiger partial charge is 0.383 e. The van der Waals surface area contributed by atoms with E-state index >= 15 is 0 Å². The van der Waals surface area contributed by atoms with Gasteiger partial charge in [0.15, 0.2) is 0 Å². The molecule has 2 N–H and O–H groups in total. The predicted octanol–water partition coefficient (Wildman–Crippen LogP) is 1.94. The minimum absolute atomic E-state index is 0.0640. The van der Waals surface area contributed by atoms with Gasteiger partial charge in [-0.25, -0.2) is 0 Å². The summed E-state index contributed by atoms with van der Waals surface area (Å²) < 4.78 is 4.93. The van der Waals surface area contributed by atoms with Gasteiger partial charge in [0.2, 0.25) is 5.91 Å². The Morgan fingerprint density at radius 1 is 1.47 bits per heavy atom. The van der Waals surface area contributed by atoms with E-state index in [9.17, 15) is 4.79 Å². The number of carbonyl (C=O) groups is 1. The topological polar surface area (TPSA) is 50.4 Å². The maximum Gasteiger partial charge on any atom is 0.236 e. The summed E-state index contributed by atoms with van der Waals surface area (Å²) in [5.41, 5.74) is 0.446. The van der Waals surface area contributed by atoms with Crippen molar-refractivity contribution in [2.45, 2.75) is 59.0 Å². The van der Waals surface area contributed by atoms with Gasteiger partial charge in [-0.2, -0.15) is 0 Å². The fraction of sp³-hybridized carbons (Fsp3) is 0.933. The van der Waals surface area contributed by atoms with Crippen LogP contribution in [0.1, 0.15) is 47.0 Å². The molecule has 1 saturated carbocycles. The lowest BCUT2D eigenvalue weighted by atomic mass is 9.70. The summed E-state index contributed by atoms with van der Waals surface area (Å²) in [5, 5.41) is 6.36. The molecule has 0 bridgehead atoms. The predicted molar refractivity (Wildman–Crippen MR) is 78.1 cm³/mol. The molecule has 0 aromatic rings. The van der Waals surface area contributed by atoms with Gasteiger partial charge >= 0.3 is 0 Å². The van der Waals surface area contributed by atoms with E-state index in [1.807, 2.05) is 6.92 Å². The molecular formula is C15H30N2O2. The SMILES string of the molecule is COCCNC(=O)C(C)NC1CCC(C)(C)CC1C. The van der Waals surface area contributed by atoms with Crippen LogP contribution in [-0.4, -0.2) is 38.3 Å². The summed E-state index contributed by atoms with van der Waals surface area (Å²) in [6.07, 6.45) is 3.61. The molecule has 3 unspecified atom stereocenters. The summed E-state index contributed by atoms with van der Waals surface area (Å²) in [7, 11) is 1.64. The standard InChI is InChI=1S/C15H30N2O2/c1-11-10-15(3,4)7-6-13(11)17-12(2)14(18)16-8-9-19-5/h11-13,17H,6-10H2,1-5H3,(H,16,18). The molecule has 0 aromatic carbocycles. The highest BCUT2D eigenvalue weighted by molar-refractivity contribution is 5.81. The first-order valence-corrected chi connectivity index (χ1v) is 7.38. The van der Waals surface area contributed by atoms with E-state index in [1.54, 1.807) is 7.11 Å². The molecule has 1 rings (SSSR count). The molecule has 0 aliphatic heterocycles. The monoisotopic (exact) mass is 270 g/mol. The Labute approximate surface area is 117 Å². The molecule has 1 fully saturated rings. The van der Waals surface area contributed by atoms with E-state index in [1.165, 1.54) is 12.8 Å². The first-order valence-electron chi connectivity index (χ1n) is 7.38. The second kappa shape index (κ2) is 7.25. The van der Waals surface area contributed by atoms with Crippen molar-refractivity contribution in [3.05, 3.63) is 0 Å². The van der Waals surface area contributed by atoms with E-state index in [4.69, 9.17) is 4.74 Å². The van der Waals surface area contributed by atoms with Crippen LogP contribution in [0.25, 0.3) is 0 Å². The molecule has 4 heteroatoms. The quantitative estimate of drug-likeness (QED) is 0.725. The van der Waals surface area contributed by atoms with E-state index < -0.39 is 0 Å². The second-order valence-corrected chi connectivity index (χ2v) is 6.66. The van der Waals surface area contributed by atoms with Crippen molar-refractivity contribution in [1.82, 2.24) is 10.6 Å². The van der Waals surface area contributed by atoms with E-state index in [0.29, 0.717) is 30.5 Å². The Hall–Kier alpha value is -0.610. The fourth-order valence-electron chi connectivity index (χ4n) is 3.02. The van der Waals surface area contributed by atoms with Gasteiger partial charge in [-0.05, 0) is 37.5 Å². The summed E-state index contributed by atoms with van der Waals surface area (Å²) in [5.74, 6) is 0.687. The van der Waals surface area contributed by atoms with Gasteiger partial charge < -0.3 is 15.4 Å². The third kappa shape index (κ3) is 5.49. The molecule has 4 nitrogen and oxygen atoms in total. The smallest absolute Gasteiger partial charge is 0.236 e. The Kier molecular flexibility index (Phi) is 6.27. The van der Waals surface area contributed by atoms with Crippen molar-refractivity contribution in [2.24, 2.45) is 11.3 Å². The summed E-state index contributed by atoms with van der Waals surface area (Å²) in [6.45, 7) is 10.0. The average molecular weight is 270 g/mol. The highest BCUT2D eigenvalue weighted by Gasteiger charge is 2.33. The van der Waals surface area contributed by atoms with Gasteiger partial charge in [0.25, 0.3) is 0 Å². The molecule has 3 atom stereocenters. The molecule has 0 radical (unpaired) electrons. The molecule has 1 aliphatic rings. The lowest BCUT2D eigenvalue weighted by Gasteiger charge is -2.40. The zero-order chi connectivity index (χ0) is 14.5. The molecule has 0 spiro atoms. The van der Waals surface area contributed by atoms with Crippen LogP contribution in [-0.2, 0) is 9.53 Å². The number of ether oxygens (including phenoxy) is 1. The Morgan fingerprint density at radius 2 is 2.16 bits per heavy atom. The van der Waals surface area contributed by atoms with E-state index in [-0.39, 0.29) is 11.9 Å². The number of methoxy groups -OCH3 is 1. The normalized spacial score (nSPS) is 27.8. The van der Waals surface area contributed by atoms with Gasteiger partial charge in [-0.15, -0.1) is 0 Å². The molecule has 19 heavy (non-hydrogen) atoms. The van der Waals surface area contributed by atoms with Gasteiger partial charge in [0.1, 0.15) is 0 Å². The number of hydrogen-bond acceptors (Lipinski definition) is 3. The van der Waals surface area contributed by atoms with Crippen LogP contribution in [0.3, 0.4) is 0 Å². The van der Waals surface area contributed by atoms with Gasteiger partial charge in [-0.3, -0.25) is 4.79 Å². The van der Waals surface area contributed by atoms with Gasteiger partial charge in [0, 0.05) is 19.7 Å². The third-order valence-electron chi connectivity index (χ3n) is 4.16. The van der Waals surface area contributed by atoms with Crippen LogP contribution < -0.4 is 10.6 Å². The zero-order valence-corrected chi connectivity index (χ0v) is 13.1. The van der Waals surface area contributed by atoms with Crippen molar-refractivity contribution in [1.29, 1.82) is 0 Å². The lowest BCUT2D eigenvalue weighted by molar-refractivity contribution is -0.123. The molecule has 0 saturated heterocycles. The Balaban J connectivity index is 2.36. The van der Waals surface area contributed by atoms with Crippen LogP contribution in [0.2, 0.25) is 0 Å². The molecule has 0 aromatic heterocycles. The minimum Gasteiger partial charge on any atom is -0.383 e. The summed E-state index contributed by atoms with van der Waals surface area (Å²) in [4.78, 5) is 11.9. The highest BCUT2D eigenvalue weighted by atomic mass is 16.5. The summed E-state index contributed by atoms with van der Waals surface area (Å²) in [6, 6.07) is 0.321. The Bertz CT molecular complexity index is 292. The van der Waals surface area contributed by atoms with Crippen molar-refractivity contribution >= 4 is 5.91 Å². The van der Waals surface area contributed by atoms with E-state index in [2.05, 4.69) is 31.4 Å². The lowest BCUT2D eigenvalue weighted by Crippen LogP contribution is -2.51. The number of rotatable bonds is 6. The maximum absolute atomic E-state index is 11.9. The van der Waals surface area contributed by atoms with Gasteiger partial charge in [0.05, 0.1) is 12.6 Å². The van der Waals surface area contributed by atoms with Crippen LogP contribution in [0.5, 0.6) is 0 Å². The van der Waals surface area contributed by atoms with Crippen LogP contribution in [0, 0.1) is 11.3 Å². The number of carbonyl (C=O) groups excluding carboxylic acids is 1. The first-order chi connectivity index (χ1) is 8.85. The zero-order valence-electron chi connectivity index (χ0n) is 13.1. The van der Waals surface area contributed by atoms with Crippen LogP contribution in [0.4, 0.5) is 0 Å². The molecule has 1 aliphatic carbocycles. The number of amides is 1. The van der Waals surface area contributed by atoms with Crippen molar-refractivity contribution in [3.63, 3.8) is 0 Å². The fourth-order valence-corrected chi connectivity index (χ4v) is 3.02. The van der Waals surface area contributed by atoms with Crippen molar-refractivity contribution in [3.8, 4) is 0 Å². The Morgan fingerprint density at radius 3 is 2.74 bits per heavy atom. The molecule has 0 heterocycles. The highest BCUT2D eigenvalue weighted by Crippen LogP contribution is 2.38. The number of hydrogen-bond donors (Lipinski definition) is 2. The molecular weight excluding hydrogens is 240 g/mol. The first kappa shape index (κ1) is 16.4. The maximum atomic E-state index is 11.9. The third-order valence-corrected chi connectivity index (χ3v) is 4.16. The average Bonchev–Trinajstić information content (AvgIpc) is 2.32. The van der Waals surface area contributed by atoms with Crippen molar-refractivity contribution in [2.75, 3.05) is 20.3 Å². The minimum atomic E-state index is -0.134. The van der Waals surface area contributed by atoms with Crippen molar-refractivity contribution < 1.29 is 9.53 Å². The summed E-state index contributed by atoms with van der Waals surface area (Å²) >= 11 is 0. The van der Waals surface area contributed by atoms with Crippen LogP contribution >= 0.6 is 0 Å². The number of nitrogens with one attached hydrogen (secondary N) is 2.